The lowest BCUT2D eigenvalue weighted by Crippen LogP contribution is -2.34. The van der Waals surface area contributed by atoms with Crippen LogP contribution in [0, 0.1) is 5.92 Å². The van der Waals surface area contributed by atoms with Gasteiger partial charge < -0.3 is 15.5 Å². The quantitative estimate of drug-likeness (QED) is 0.471. The molecule has 1 aliphatic heterocycles. The van der Waals surface area contributed by atoms with Crippen LogP contribution >= 0.6 is 11.8 Å². The average Bonchev–Trinajstić information content (AvgIpc) is 3.15. The van der Waals surface area contributed by atoms with Gasteiger partial charge in [-0.2, -0.15) is 13.2 Å². The Hall–Kier alpha value is -2.75. The standard InChI is InChI=1S/C21H23F3N4O2S/c1-31-17-6-4-16(5-7-17)28-13-14(11-19(28)29)20(30)26-10-2-9-25-18-8-3-15(12-27-18)21(22,23)24/h3-8,12,14H,2,9-11,13H2,1H3,(H,25,27)(H,26,30). The molecule has 2 amide bonds. The summed E-state index contributed by atoms with van der Waals surface area (Å²) in [5, 5.41) is 5.74. The van der Waals surface area contributed by atoms with Crippen LogP contribution in [-0.4, -0.2) is 42.7 Å². The van der Waals surface area contributed by atoms with E-state index < -0.39 is 17.7 Å². The van der Waals surface area contributed by atoms with Gasteiger partial charge in [0.25, 0.3) is 0 Å². The van der Waals surface area contributed by atoms with E-state index in [2.05, 4.69) is 15.6 Å². The van der Waals surface area contributed by atoms with Gasteiger partial charge >= 0.3 is 6.18 Å². The van der Waals surface area contributed by atoms with Crippen LogP contribution in [0.3, 0.4) is 0 Å². The molecule has 1 fully saturated rings. The Labute approximate surface area is 182 Å². The molecule has 1 unspecified atom stereocenters. The molecular formula is C21H23F3N4O2S. The molecule has 1 aromatic heterocycles. The summed E-state index contributed by atoms with van der Waals surface area (Å²) < 4.78 is 37.6. The molecule has 1 saturated heterocycles. The number of carbonyl (C=O) groups excluding carboxylic acids is 2. The lowest BCUT2D eigenvalue weighted by atomic mass is 10.1. The second-order valence-corrected chi connectivity index (χ2v) is 7.98. The molecule has 2 heterocycles. The second-order valence-electron chi connectivity index (χ2n) is 7.10. The van der Waals surface area contributed by atoms with Gasteiger partial charge in [-0.05, 0) is 49.1 Å². The first kappa shape index (κ1) is 22.9. The lowest BCUT2D eigenvalue weighted by Gasteiger charge is -2.17. The Kier molecular flexibility index (Phi) is 7.42. The van der Waals surface area contributed by atoms with Gasteiger partial charge in [0.2, 0.25) is 11.8 Å². The van der Waals surface area contributed by atoms with E-state index in [-0.39, 0.29) is 18.2 Å². The van der Waals surface area contributed by atoms with E-state index in [9.17, 15) is 22.8 Å². The van der Waals surface area contributed by atoms with Crippen LogP contribution in [-0.2, 0) is 15.8 Å². The summed E-state index contributed by atoms with van der Waals surface area (Å²) in [5.74, 6) is -0.322. The van der Waals surface area contributed by atoms with Crippen LogP contribution in [0.2, 0.25) is 0 Å². The Bertz CT molecular complexity index is 904. The Morgan fingerprint density at radius 3 is 2.55 bits per heavy atom. The number of carbonyl (C=O) groups is 2. The molecule has 0 radical (unpaired) electrons. The van der Waals surface area contributed by atoms with Crippen LogP contribution in [0.25, 0.3) is 0 Å². The van der Waals surface area contributed by atoms with Crippen molar-refractivity contribution in [2.24, 2.45) is 5.92 Å². The third-order valence-corrected chi connectivity index (χ3v) is 5.67. The summed E-state index contributed by atoms with van der Waals surface area (Å²) in [7, 11) is 0. The van der Waals surface area contributed by atoms with Gasteiger partial charge in [0.15, 0.2) is 0 Å². The molecule has 1 aromatic carbocycles. The number of aromatic nitrogens is 1. The monoisotopic (exact) mass is 452 g/mol. The van der Waals surface area contributed by atoms with Crippen LogP contribution in [0.15, 0.2) is 47.5 Å². The third kappa shape index (κ3) is 6.13. The molecule has 31 heavy (non-hydrogen) atoms. The Morgan fingerprint density at radius 1 is 1.19 bits per heavy atom. The zero-order valence-electron chi connectivity index (χ0n) is 16.9. The van der Waals surface area contributed by atoms with E-state index in [0.29, 0.717) is 31.9 Å². The molecule has 0 aliphatic carbocycles. The summed E-state index contributed by atoms with van der Waals surface area (Å²) in [6.07, 6.45) is -0.919. The molecule has 3 rings (SSSR count). The van der Waals surface area contributed by atoms with Crippen LogP contribution in [0.5, 0.6) is 0 Å². The first-order valence-corrected chi connectivity index (χ1v) is 11.0. The maximum atomic E-state index is 12.5. The topological polar surface area (TPSA) is 74.3 Å². The molecule has 1 atom stereocenters. The zero-order valence-corrected chi connectivity index (χ0v) is 17.7. The van der Waals surface area contributed by atoms with Gasteiger partial charge in [-0.15, -0.1) is 11.8 Å². The molecule has 166 valence electrons. The summed E-state index contributed by atoms with van der Waals surface area (Å²) in [6.45, 7) is 1.17. The zero-order chi connectivity index (χ0) is 22.4. The van der Waals surface area contributed by atoms with Crippen molar-refractivity contribution in [2.45, 2.75) is 23.9 Å². The number of anilines is 2. The molecule has 0 bridgehead atoms. The number of halogens is 3. The minimum absolute atomic E-state index is 0.0768. The number of hydrogen-bond donors (Lipinski definition) is 2. The molecule has 0 spiro atoms. The number of thioether (sulfide) groups is 1. The van der Waals surface area contributed by atoms with Crippen molar-refractivity contribution in [2.75, 3.05) is 36.1 Å². The largest absolute Gasteiger partial charge is 0.417 e. The summed E-state index contributed by atoms with van der Waals surface area (Å²) >= 11 is 1.62. The van der Waals surface area contributed by atoms with Crippen molar-refractivity contribution in [1.29, 1.82) is 0 Å². The van der Waals surface area contributed by atoms with Gasteiger partial charge in [-0.25, -0.2) is 4.98 Å². The van der Waals surface area contributed by atoms with Gasteiger partial charge in [0.1, 0.15) is 5.82 Å². The maximum absolute atomic E-state index is 12.5. The molecule has 2 N–H and O–H groups in total. The normalized spacial score (nSPS) is 16.5. The number of nitrogens with one attached hydrogen (secondary N) is 2. The first-order chi connectivity index (χ1) is 14.8. The Morgan fingerprint density at radius 2 is 1.94 bits per heavy atom. The highest BCUT2D eigenvalue weighted by Crippen LogP contribution is 2.29. The highest BCUT2D eigenvalue weighted by molar-refractivity contribution is 7.98. The average molecular weight is 453 g/mol. The summed E-state index contributed by atoms with van der Waals surface area (Å²) in [4.78, 5) is 31.2. The number of benzene rings is 1. The summed E-state index contributed by atoms with van der Waals surface area (Å²) in [6, 6.07) is 9.88. The predicted molar refractivity (Wildman–Crippen MR) is 114 cm³/mol. The number of amides is 2. The van der Waals surface area contributed by atoms with E-state index in [1.807, 2.05) is 30.5 Å². The number of rotatable bonds is 8. The maximum Gasteiger partial charge on any atom is 0.417 e. The predicted octanol–water partition coefficient (Wildman–Crippen LogP) is 3.79. The highest BCUT2D eigenvalue weighted by Gasteiger charge is 2.35. The molecule has 2 aromatic rings. The fraction of sp³-hybridized carbons (Fsp3) is 0.381. The minimum Gasteiger partial charge on any atom is -0.370 e. The number of nitrogens with zero attached hydrogens (tertiary/aromatic N) is 2. The SMILES string of the molecule is CSc1ccc(N2CC(C(=O)NCCCNc3ccc(C(F)(F)F)cn3)CC2=O)cc1. The minimum atomic E-state index is -4.41. The van der Waals surface area contributed by atoms with Crippen molar-refractivity contribution < 1.29 is 22.8 Å². The number of hydrogen-bond acceptors (Lipinski definition) is 5. The molecule has 6 nitrogen and oxygen atoms in total. The van der Waals surface area contributed by atoms with Crippen molar-refractivity contribution >= 4 is 35.1 Å². The molecular weight excluding hydrogens is 429 g/mol. The van der Waals surface area contributed by atoms with E-state index in [0.717, 1.165) is 22.8 Å². The summed E-state index contributed by atoms with van der Waals surface area (Å²) in [5.41, 5.74) is -0.0167. The molecule has 10 heteroatoms. The van der Waals surface area contributed by atoms with Crippen LogP contribution in [0.4, 0.5) is 24.7 Å². The van der Waals surface area contributed by atoms with Crippen LogP contribution < -0.4 is 15.5 Å². The smallest absolute Gasteiger partial charge is 0.370 e. The molecule has 0 saturated carbocycles. The highest BCUT2D eigenvalue weighted by atomic mass is 32.2. The third-order valence-electron chi connectivity index (χ3n) is 4.93. The van der Waals surface area contributed by atoms with E-state index in [4.69, 9.17) is 0 Å². The molecule has 1 aliphatic rings. The number of pyridine rings is 1. The fourth-order valence-corrected chi connectivity index (χ4v) is 3.63. The second kappa shape index (κ2) is 10.0. The van der Waals surface area contributed by atoms with Crippen molar-refractivity contribution in [3.63, 3.8) is 0 Å². The van der Waals surface area contributed by atoms with Crippen molar-refractivity contribution in [3.8, 4) is 0 Å². The first-order valence-electron chi connectivity index (χ1n) is 9.77. The Balaban J connectivity index is 1.39. The van der Waals surface area contributed by atoms with Gasteiger partial charge in [0.05, 0.1) is 11.5 Å². The fourth-order valence-electron chi connectivity index (χ4n) is 3.22. The lowest BCUT2D eigenvalue weighted by molar-refractivity contribution is -0.137. The number of alkyl halides is 3. The van der Waals surface area contributed by atoms with E-state index in [1.165, 1.54) is 6.07 Å². The van der Waals surface area contributed by atoms with Gasteiger partial charge in [0, 0.05) is 42.8 Å². The van der Waals surface area contributed by atoms with E-state index >= 15 is 0 Å². The van der Waals surface area contributed by atoms with Gasteiger partial charge in [-0.1, -0.05) is 0 Å². The van der Waals surface area contributed by atoms with Crippen LogP contribution in [0.1, 0.15) is 18.4 Å². The van der Waals surface area contributed by atoms with Crippen molar-refractivity contribution in [3.05, 3.63) is 48.2 Å². The van der Waals surface area contributed by atoms with E-state index in [1.54, 1.807) is 16.7 Å². The van der Waals surface area contributed by atoms with Gasteiger partial charge in [-0.3, -0.25) is 9.59 Å². The van der Waals surface area contributed by atoms with Crippen molar-refractivity contribution in [1.82, 2.24) is 10.3 Å².